The zero-order chi connectivity index (χ0) is 20.9. The van der Waals surface area contributed by atoms with Crippen LogP contribution >= 0.6 is 0 Å². The summed E-state index contributed by atoms with van der Waals surface area (Å²) >= 11 is 0. The monoisotopic (exact) mass is 404 g/mol. The number of fused-ring (bicyclic) bond motifs is 1. The van der Waals surface area contributed by atoms with E-state index in [1.54, 1.807) is 0 Å². The third-order valence-electron chi connectivity index (χ3n) is 5.77. The van der Waals surface area contributed by atoms with Crippen molar-refractivity contribution in [3.8, 4) is 0 Å². The number of carbonyl (C=O) groups excluding carboxylic acids is 2. The fourth-order valence-corrected chi connectivity index (χ4v) is 4.09. The number of aromatic nitrogens is 2. The first kappa shape index (κ1) is 20.1. The number of hydrogen-bond donors (Lipinski definition) is 2. The highest BCUT2D eigenvalue weighted by Crippen LogP contribution is 2.24. The molecule has 6 heteroatoms. The third kappa shape index (κ3) is 4.70. The third-order valence-corrected chi connectivity index (χ3v) is 5.77. The lowest BCUT2D eigenvalue weighted by Gasteiger charge is -2.20. The van der Waals surface area contributed by atoms with Gasteiger partial charge in [-0.05, 0) is 44.0 Å². The Hall–Kier alpha value is -3.15. The number of aryl methyl sites for hydroxylation is 1. The molecule has 2 aromatic carbocycles. The van der Waals surface area contributed by atoms with Gasteiger partial charge in [0.05, 0.1) is 17.6 Å². The molecular formula is C24H28N4O2. The van der Waals surface area contributed by atoms with Crippen LogP contribution < -0.4 is 10.6 Å². The van der Waals surface area contributed by atoms with Gasteiger partial charge in [0.15, 0.2) is 0 Å². The predicted octanol–water partition coefficient (Wildman–Crippen LogP) is 4.18. The van der Waals surface area contributed by atoms with E-state index < -0.39 is 0 Å². The van der Waals surface area contributed by atoms with Crippen molar-refractivity contribution < 1.29 is 9.59 Å². The lowest BCUT2D eigenvalue weighted by atomic mass is 9.89. The molecule has 1 heterocycles. The second kappa shape index (κ2) is 9.11. The SMILES string of the molecule is Cc1ccc(NC(=O)Cn2c(CNC(=O)C3CCCCC3)nc3ccccc32)cc1. The van der Waals surface area contributed by atoms with Crippen molar-refractivity contribution in [1.29, 1.82) is 0 Å². The molecule has 0 saturated heterocycles. The molecule has 0 unspecified atom stereocenters. The quantitative estimate of drug-likeness (QED) is 0.647. The molecule has 2 amide bonds. The number of amides is 2. The molecule has 2 N–H and O–H groups in total. The molecule has 0 aliphatic heterocycles. The van der Waals surface area contributed by atoms with Crippen molar-refractivity contribution in [1.82, 2.24) is 14.9 Å². The maximum atomic E-state index is 12.7. The number of para-hydroxylation sites is 2. The topological polar surface area (TPSA) is 76.0 Å². The average Bonchev–Trinajstić information content (AvgIpc) is 3.11. The van der Waals surface area contributed by atoms with Crippen LogP contribution in [0.4, 0.5) is 5.69 Å². The second-order valence-electron chi connectivity index (χ2n) is 8.07. The number of imidazole rings is 1. The van der Waals surface area contributed by atoms with E-state index in [1.807, 2.05) is 60.0 Å². The molecular weight excluding hydrogens is 376 g/mol. The molecule has 30 heavy (non-hydrogen) atoms. The summed E-state index contributed by atoms with van der Waals surface area (Å²) < 4.78 is 1.89. The Bertz CT molecular complexity index is 1030. The summed E-state index contributed by atoms with van der Waals surface area (Å²) in [5.41, 5.74) is 3.62. The van der Waals surface area contributed by atoms with Crippen LogP contribution in [0.25, 0.3) is 11.0 Å². The van der Waals surface area contributed by atoms with Crippen LogP contribution in [0.3, 0.4) is 0 Å². The van der Waals surface area contributed by atoms with E-state index in [0.29, 0.717) is 12.4 Å². The van der Waals surface area contributed by atoms with Crippen LogP contribution in [0, 0.1) is 12.8 Å². The van der Waals surface area contributed by atoms with E-state index in [4.69, 9.17) is 0 Å². The zero-order valence-electron chi connectivity index (χ0n) is 17.4. The summed E-state index contributed by atoms with van der Waals surface area (Å²) in [4.78, 5) is 29.9. The highest BCUT2D eigenvalue weighted by atomic mass is 16.2. The Labute approximate surface area is 176 Å². The van der Waals surface area contributed by atoms with Crippen LogP contribution in [0.1, 0.15) is 43.5 Å². The van der Waals surface area contributed by atoms with Gasteiger partial charge in [-0.1, -0.05) is 49.1 Å². The Morgan fingerprint density at radius 2 is 1.77 bits per heavy atom. The fraction of sp³-hybridized carbons (Fsp3) is 0.375. The van der Waals surface area contributed by atoms with Crippen molar-refractivity contribution in [2.75, 3.05) is 5.32 Å². The van der Waals surface area contributed by atoms with Gasteiger partial charge in [-0.3, -0.25) is 9.59 Å². The van der Waals surface area contributed by atoms with E-state index in [0.717, 1.165) is 48.0 Å². The van der Waals surface area contributed by atoms with Crippen molar-refractivity contribution in [3.05, 3.63) is 59.9 Å². The highest BCUT2D eigenvalue weighted by Gasteiger charge is 2.22. The van der Waals surface area contributed by atoms with Crippen LogP contribution in [0.2, 0.25) is 0 Å². The minimum Gasteiger partial charge on any atom is -0.349 e. The summed E-state index contributed by atoms with van der Waals surface area (Å²) in [6, 6.07) is 15.5. The smallest absolute Gasteiger partial charge is 0.244 e. The van der Waals surface area contributed by atoms with Gasteiger partial charge in [0, 0.05) is 11.6 Å². The molecule has 156 valence electrons. The molecule has 1 fully saturated rings. The average molecular weight is 405 g/mol. The summed E-state index contributed by atoms with van der Waals surface area (Å²) in [6.07, 6.45) is 5.38. The van der Waals surface area contributed by atoms with Crippen molar-refractivity contribution in [2.45, 2.75) is 52.1 Å². The van der Waals surface area contributed by atoms with Gasteiger partial charge in [-0.25, -0.2) is 4.98 Å². The van der Waals surface area contributed by atoms with E-state index in [-0.39, 0.29) is 24.3 Å². The fourth-order valence-electron chi connectivity index (χ4n) is 4.09. The Morgan fingerprint density at radius 1 is 1.03 bits per heavy atom. The minimum absolute atomic E-state index is 0.0948. The molecule has 0 atom stereocenters. The van der Waals surface area contributed by atoms with E-state index in [9.17, 15) is 9.59 Å². The molecule has 3 aromatic rings. The normalized spacial score (nSPS) is 14.6. The summed E-state index contributed by atoms with van der Waals surface area (Å²) in [7, 11) is 0. The summed E-state index contributed by atoms with van der Waals surface area (Å²) in [5, 5.41) is 5.99. The van der Waals surface area contributed by atoms with Gasteiger partial charge in [0.1, 0.15) is 12.4 Å². The molecule has 1 aliphatic rings. The lowest BCUT2D eigenvalue weighted by molar-refractivity contribution is -0.126. The molecule has 1 aromatic heterocycles. The number of rotatable bonds is 6. The number of hydrogen-bond acceptors (Lipinski definition) is 3. The van der Waals surface area contributed by atoms with Gasteiger partial charge in [0.25, 0.3) is 0 Å². The van der Waals surface area contributed by atoms with Gasteiger partial charge < -0.3 is 15.2 Å². The largest absolute Gasteiger partial charge is 0.349 e. The van der Waals surface area contributed by atoms with Gasteiger partial charge in [-0.2, -0.15) is 0 Å². The maximum Gasteiger partial charge on any atom is 0.244 e. The van der Waals surface area contributed by atoms with Gasteiger partial charge >= 0.3 is 0 Å². The van der Waals surface area contributed by atoms with E-state index in [2.05, 4.69) is 15.6 Å². The Kier molecular flexibility index (Phi) is 6.12. The first-order chi connectivity index (χ1) is 14.6. The van der Waals surface area contributed by atoms with Crippen molar-refractivity contribution in [3.63, 3.8) is 0 Å². The number of nitrogens with zero attached hydrogens (tertiary/aromatic N) is 2. The second-order valence-corrected chi connectivity index (χ2v) is 8.07. The zero-order valence-corrected chi connectivity index (χ0v) is 17.4. The van der Waals surface area contributed by atoms with E-state index in [1.165, 1.54) is 6.42 Å². The molecule has 4 rings (SSSR count). The maximum absolute atomic E-state index is 12.7. The Balaban J connectivity index is 1.49. The van der Waals surface area contributed by atoms with Crippen LogP contribution in [-0.2, 0) is 22.7 Å². The Morgan fingerprint density at radius 3 is 2.53 bits per heavy atom. The number of anilines is 1. The first-order valence-electron chi connectivity index (χ1n) is 10.7. The predicted molar refractivity (Wildman–Crippen MR) is 118 cm³/mol. The molecule has 1 aliphatic carbocycles. The highest BCUT2D eigenvalue weighted by molar-refractivity contribution is 5.91. The molecule has 0 bridgehead atoms. The van der Waals surface area contributed by atoms with Crippen LogP contribution in [0.5, 0.6) is 0 Å². The molecule has 6 nitrogen and oxygen atoms in total. The molecule has 0 radical (unpaired) electrons. The van der Waals surface area contributed by atoms with Crippen LogP contribution in [-0.4, -0.2) is 21.4 Å². The molecule has 1 saturated carbocycles. The minimum atomic E-state index is -0.123. The van der Waals surface area contributed by atoms with Crippen LogP contribution in [0.15, 0.2) is 48.5 Å². The standard InChI is InChI=1S/C24H28N4O2/c1-17-11-13-19(14-12-17)26-23(29)16-28-21-10-6-5-9-20(21)27-22(28)15-25-24(30)18-7-3-2-4-8-18/h5-6,9-14,18H,2-4,7-8,15-16H2,1H3,(H,25,30)(H,26,29). The summed E-state index contributed by atoms with van der Waals surface area (Å²) in [6.45, 7) is 2.47. The number of carbonyl (C=O) groups is 2. The van der Waals surface area contributed by atoms with Gasteiger partial charge in [0.2, 0.25) is 11.8 Å². The van der Waals surface area contributed by atoms with Crippen molar-refractivity contribution in [2.24, 2.45) is 5.92 Å². The first-order valence-corrected chi connectivity index (χ1v) is 10.7. The number of nitrogens with one attached hydrogen (secondary N) is 2. The summed E-state index contributed by atoms with van der Waals surface area (Å²) in [5.74, 6) is 0.764. The van der Waals surface area contributed by atoms with E-state index >= 15 is 0 Å². The van der Waals surface area contributed by atoms with Crippen molar-refractivity contribution >= 4 is 28.5 Å². The van der Waals surface area contributed by atoms with Gasteiger partial charge in [-0.15, -0.1) is 0 Å². The lowest BCUT2D eigenvalue weighted by Crippen LogP contribution is -2.32. The number of benzene rings is 2. The molecule has 0 spiro atoms.